The summed E-state index contributed by atoms with van der Waals surface area (Å²) < 4.78 is 11.7. The summed E-state index contributed by atoms with van der Waals surface area (Å²) in [6, 6.07) is 2.46. The molecule has 14 heavy (non-hydrogen) atoms. The van der Waals surface area contributed by atoms with Crippen LogP contribution >= 0.6 is 15.9 Å². The third-order valence-electron chi connectivity index (χ3n) is 2.35. The number of nitrogens with one attached hydrogen (secondary N) is 1. The first-order valence-corrected chi connectivity index (χ1v) is 5.68. The van der Waals surface area contributed by atoms with Gasteiger partial charge in [0.25, 0.3) is 0 Å². The van der Waals surface area contributed by atoms with E-state index in [9.17, 15) is 0 Å². The lowest BCUT2D eigenvalue weighted by Crippen LogP contribution is -2.36. The topological polar surface area (TPSA) is 34.4 Å². The van der Waals surface area contributed by atoms with Gasteiger partial charge in [-0.15, -0.1) is 0 Å². The van der Waals surface area contributed by atoms with Crippen molar-refractivity contribution < 1.29 is 9.15 Å². The molecule has 4 heteroatoms. The molecule has 1 saturated heterocycles. The number of hydrogen-bond donors (Lipinski definition) is 1. The number of furan rings is 1. The van der Waals surface area contributed by atoms with Crippen LogP contribution in [-0.4, -0.2) is 19.3 Å². The third-order valence-corrected chi connectivity index (χ3v) is 2.76. The van der Waals surface area contributed by atoms with Crippen LogP contribution in [0.5, 0.6) is 0 Å². The molecule has 1 fully saturated rings. The first-order valence-electron chi connectivity index (χ1n) is 4.88. The minimum atomic E-state index is 0.479. The predicted molar refractivity (Wildman–Crippen MR) is 57.1 cm³/mol. The molecule has 0 amide bonds. The third kappa shape index (κ3) is 2.83. The smallest absolute Gasteiger partial charge is 0.118 e. The summed E-state index contributed by atoms with van der Waals surface area (Å²) in [5.74, 6) is 0.961. The second-order valence-corrected chi connectivity index (χ2v) is 4.44. The van der Waals surface area contributed by atoms with Crippen LogP contribution in [0.2, 0.25) is 0 Å². The van der Waals surface area contributed by atoms with Crippen LogP contribution in [0, 0.1) is 0 Å². The van der Waals surface area contributed by atoms with Gasteiger partial charge in [-0.25, -0.2) is 0 Å². The lowest BCUT2D eigenvalue weighted by Gasteiger charge is -2.22. The first-order chi connectivity index (χ1) is 6.84. The van der Waals surface area contributed by atoms with Gasteiger partial charge in [0, 0.05) is 12.6 Å². The van der Waals surface area contributed by atoms with Gasteiger partial charge in [-0.2, -0.15) is 0 Å². The van der Waals surface area contributed by atoms with Gasteiger partial charge in [0.15, 0.2) is 0 Å². The fourth-order valence-corrected chi connectivity index (χ4v) is 1.94. The molecule has 1 aliphatic heterocycles. The van der Waals surface area contributed by atoms with Crippen LogP contribution in [0.3, 0.4) is 0 Å². The number of ether oxygens (including phenoxy) is 1. The monoisotopic (exact) mass is 259 g/mol. The Morgan fingerprint density at radius 2 is 2.50 bits per heavy atom. The van der Waals surface area contributed by atoms with Gasteiger partial charge in [0.2, 0.25) is 0 Å². The molecule has 2 heterocycles. The zero-order valence-electron chi connectivity index (χ0n) is 7.96. The fourth-order valence-electron chi connectivity index (χ4n) is 1.59. The van der Waals surface area contributed by atoms with Crippen LogP contribution in [0.25, 0.3) is 0 Å². The minimum Gasteiger partial charge on any atom is -0.467 e. The molecular weight excluding hydrogens is 246 g/mol. The van der Waals surface area contributed by atoms with E-state index in [2.05, 4.69) is 21.2 Å². The molecule has 0 radical (unpaired) electrons. The van der Waals surface area contributed by atoms with Crippen molar-refractivity contribution in [2.24, 2.45) is 0 Å². The Hall–Kier alpha value is -0.320. The SMILES string of the molecule is Brc1coc(CN[C@H]2CCCOC2)c1. The Bertz CT molecular complexity index is 281. The van der Waals surface area contributed by atoms with Gasteiger partial charge >= 0.3 is 0 Å². The summed E-state index contributed by atoms with van der Waals surface area (Å²) in [7, 11) is 0. The van der Waals surface area contributed by atoms with Crippen molar-refractivity contribution in [1.29, 1.82) is 0 Å². The molecule has 1 N–H and O–H groups in total. The zero-order valence-corrected chi connectivity index (χ0v) is 9.55. The maximum Gasteiger partial charge on any atom is 0.118 e. The summed E-state index contributed by atoms with van der Waals surface area (Å²) in [6.07, 6.45) is 4.05. The van der Waals surface area contributed by atoms with Crippen LogP contribution in [0.4, 0.5) is 0 Å². The van der Waals surface area contributed by atoms with Crippen molar-refractivity contribution in [3.63, 3.8) is 0 Å². The Morgan fingerprint density at radius 1 is 1.57 bits per heavy atom. The molecule has 1 atom stereocenters. The molecule has 3 nitrogen and oxygen atoms in total. The predicted octanol–water partition coefficient (Wildman–Crippen LogP) is 2.31. The van der Waals surface area contributed by atoms with E-state index < -0.39 is 0 Å². The fraction of sp³-hybridized carbons (Fsp3) is 0.600. The summed E-state index contributed by atoms with van der Waals surface area (Å²) >= 11 is 3.35. The highest BCUT2D eigenvalue weighted by molar-refractivity contribution is 9.10. The van der Waals surface area contributed by atoms with Crippen molar-refractivity contribution in [3.8, 4) is 0 Å². The molecule has 1 aromatic heterocycles. The van der Waals surface area contributed by atoms with E-state index >= 15 is 0 Å². The Balaban J connectivity index is 1.76. The number of halogens is 1. The Morgan fingerprint density at radius 3 is 3.14 bits per heavy atom. The summed E-state index contributed by atoms with van der Waals surface area (Å²) in [4.78, 5) is 0. The lowest BCUT2D eigenvalue weighted by atomic mass is 10.1. The van der Waals surface area contributed by atoms with Crippen LogP contribution in [0.15, 0.2) is 21.2 Å². The zero-order chi connectivity index (χ0) is 9.80. The van der Waals surface area contributed by atoms with E-state index in [-0.39, 0.29) is 0 Å². The Kier molecular flexibility index (Phi) is 3.61. The van der Waals surface area contributed by atoms with E-state index in [4.69, 9.17) is 9.15 Å². The highest BCUT2D eigenvalue weighted by Crippen LogP contribution is 2.14. The second-order valence-electron chi connectivity index (χ2n) is 3.53. The molecule has 0 spiro atoms. The van der Waals surface area contributed by atoms with Crippen molar-refractivity contribution in [2.75, 3.05) is 13.2 Å². The van der Waals surface area contributed by atoms with Gasteiger partial charge < -0.3 is 14.5 Å². The average molecular weight is 260 g/mol. The molecule has 2 rings (SSSR count). The van der Waals surface area contributed by atoms with Gasteiger partial charge in [0.05, 0.1) is 17.6 Å². The van der Waals surface area contributed by atoms with Gasteiger partial charge in [-0.3, -0.25) is 0 Å². The van der Waals surface area contributed by atoms with E-state index in [1.165, 1.54) is 6.42 Å². The number of rotatable bonds is 3. The molecule has 1 aromatic rings. The van der Waals surface area contributed by atoms with E-state index in [0.29, 0.717) is 6.04 Å². The van der Waals surface area contributed by atoms with Gasteiger partial charge in [-0.05, 0) is 34.8 Å². The standard InChI is InChI=1S/C10H14BrNO2/c11-8-4-10(14-6-8)5-12-9-2-1-3-13-7-9/h4,6,9,12H,1-3,5,7H2/t9-/m0/s1. The highest BCUT2D eigenvalue weighted by atomic mass is 79.9. The molecular formula is C10H14BrNO2. The molecule has 0 bridgehead atoms. The van der Waals surface area contributed by atoms with Crippen molar-refractivity contribution in [3.05, 3.63) is 22.6 Å². The maximum atomic E-state index is 5.37. The number of hydrogen-bond acceptors (Lipinski definition) is 3. The maximum absolute atomic E-state index is 5.37. The Labute approximate surface area is 91.9 Å². The second kappa shape index (κ2) is 4.96. The van der Waals surface area contributed by atoms with E-state index in [0.717, 1.165) is 36.4 Å². The first kappa shape index (κ1) is 10.2. The molecule has 0 saturated carbocycles. The molecule has 78 valence electrons. The molecule has 0 aromatic carbocycles. The summed E-state index contributed by atoms with van der Waals surface area (Å²) in [5.41, 5.74) is 0. The van der Waals surface area contributed by atoms with Gasteiger partial charge in [-0.1, -0.05) is 0 Å². The quantitative estimate of drug-likeness (QED) is 0.905. The van der Waals surface area contributed by atoms with Gasteiger partial charge in [0.1, 0.15) is 12.0 Å². The van der Waals surface area contributed by atoms with Crippen molar-refractivity contribution in [1.82, 2.24) is 5.32 Å². The molecule has 1 aliphatic rings. The van der Waals surface area contributed by atoms with Crippen LogP contribution in [0.1, 0.15) is 18.6 Å². The normalized spacial score (nSPS) is 22.5. The van der Waals surface area contributed by atoms with Crippen LogP contribution < -0.4 is 5.32 Å². The average Bonchev–Trinajstić information content (AvgIpc) is 2.63. The largest absolute Gasteiger partial charge is 0.467 e. The van der Waals surface area contributed by atoms with E-state index in [1.807, 2.05) is 6.07 Å². The minimum absolute atomic E-state index is 0.479. The summed E-state index contributed by atoms with van der Waals surface area (Å²) in [6.45, 7) is 2.51. The van der Waals surface area contributed by atoms with E-state index in [1.54, 1.807) is 6.26 Å². The lowest BCUT2D eigenvalue weighted by molar-refractivity contribution is 0.0693. The highest BCUT2D eigenvalue weighted by Gasteiger charge is 2.13. The molecule has 0 aliphatic carbocycles. The molecule has 0 unspecified atom stereocenters. The summed E-state index contributed by atoms with van der Waals surface area (Å²) in [5, 5.41) is 3.41. The van der Waals surface area contributed by atoms with Crippen LogP contribution in [-0.2, 0) is 11.3 Å². The van der Waals surface area contributed by atoms with Crippen molar-refractivity contribution >= 4 is 15.9 Å². The van der Waals surface area contributed by atoms with Crippen molar-refractivity contribution in [2.45, 2.75) is 25.4 Å².